The van der Waals surface area contributed by atoms with Gasteiger partial charge in [-0.05, 0) is 29.5 Å². The molecule has 0 unspecified atom stereocenters. The summed E-state index contributed by atoms with van der Waals surface area (Å²) in [7, 11) is -3.85. The van der Waals surface area contributed by atoms with Crippen molar-refractivity contribution in [3.8, 4) is 0 Å². The quantitative estimate of drug-likeness (QED) is 0.929. The van der Waals surface area contributed by atoms with Gasteiger partial charge in [-0.1, -0.05) is 38.6 Å². The van der Waals surface area contributed by atoms with Crippen LogP contribution in [0.1, 0.15) is 25.8 Å². The number of fused-ring (bicyclic) bond motifs is 1. The first-order valence-corrected chi connectivity index (χ1v) is 8.22. The molecule has 0 saturated carbocycles. The highest BCUT2D eigenvalue weighted by molar-refractivity contribution is 7.89. The largest absolute Gasteiger partial charge is 0.480 e. The Morgan fingerprint density at radius 2 is 1.95 bits per heavy atom. The standard InChI is InChI=1S/C15H19NO4S/c1-10(2)14(15(17)18)16-9-8-11(3)12-6-4-5-7-13(12)21(16,19)20/h4-7,10,14H,3,8-9H2,1-2H3,(H,17,18)/t14-/m0/s1. The van der Waals surface area contributed by atoms with Crippen molar-refractivity contribution in [1.29, 1.82) is 0 Å². The summed E-state index contributed by atoms with van der Waals surface area (Å²) in [6.07, 6.45) is 0.423. The molecule has 1 atom stereocenters. The number of carbonyl (C=O) groups is 1. The smallest absolute Gasteiger partial charge is 0.322 e. The van der Waals surface area contributed by atoms with E-state index >= 15 is 0 Å². The molecule has 5 nitrogen and oxygen atoms in total. The fourth-order valence-corrected chi connectivity index (χ4v) is 4.60. The van der Waals surface area contributed by atoms with Crippen molar-refractivity contribution < 1.29 is 18.3 Å². The van der Waals surface area contributed by atoms with Gasteiger partial charge < -0.3 is 5.11 Å². The molecule has 0 radical (unpaired) electrons. The van der Waals surface area contributed by atoms with E-state index in [4.69, 9.17) is 0 Å². The molecule has 1 aromatic rings. The fraction of sp³-hybridized carbons (Fsp3) is 0.400. The number of carboxylic acids is 1. The minimum atomic E-state index is -3.85. The third-order valence-corrected chi connectivity index (χ3v) is 5.62. The van der Waals surface area contributed by atoms with E-state index in [1.165, 1.54) is 6.07 Å². The second-order valence-corrected chi connectivity index (χ2v) is 7.35. The molecule has 0 aliphatic carbocycles. The monoisotopic (exact) mass is 309 g/mol. The molecule has 0 saturated heterocycles. The number of carboxylic acid groups (broad SMARTS) is 1. The molecule has 1 heterocycles. The van der Waals surface area contributed by atoms with Crippen LogP contribution in [-0.4, -0.2) is 36.4 Å². The molecular weight excluding hydrogens is 290 g/mol. The van der Waals surface area contributed by atoms with Gasteiger partial charge in [-0.3, -0.25) is 4.79 Å². The second kappa shape index (κ2) is 5.61. The SMILES string of the molecule is C=C1CCN([C@H](C(=O)O)C(C)C)S(=O)(=O)c2ccccc21. The van der Waals surface area contributed by atoms with Crippen LogP contribution in [0.4, 0.5) is 0 Å². The predicted octanol–water partition coefficient (Wildman–Crippen LogP) is 2.20. The highest BCUT2D eigenvalue weighted by Gasteiger charge is 2.40. The lowest BCUT2D eigenvalue weighted by atomic mass is 10.0. The van der Waals surface area contributed by atoms with E-state index < -0.39 is 22.0 Å². The highest BCUT2D eigenvalue weighted by atomic mass is 32.2. The zero-order valence-electron chi connectivity index (χ0n) is 12.1. The molecule has 0 fully saturated rings. The molecule has 1 aromatic carbocycles. The minimum Gasteiger partial charge on any atom is -0.480 e. The van der Waals surface area contributed by atoms with Crippen LogP contribution in [-0.2, 0) is 14.8 Å². The Balaban J connectivity index is 2.62. The maximum atomic E-state index is 12.8. The summed E-state index contributed by atoms with van der Waals surface area (Å²) in [6, 6.07) is 5.54. The summed E-state index contributed by atoms with van der Waals surface area (Å²) in [5.41, 5.74) is 1.29. The maximum Gasteiger partial charge on any atom is 0.322 e. The van der Waals surface area contributed by atoms with Crippen molar-refractivity contribution in [2.45, 2.75) is 31.2 Å². The second-order valence-electron chi connectivity index (χ2n) is 5.49. The van der Waals surface area contributed by atoms with Crippen molar-refractivity contribution in [2.75, 3.05) is 6.54 Å². The van der Waals surface area contributed by atoms with Gasteiger partial charge in [0, 0.05) is 6.54 Å². The van der Waals surface area contributed by atoms with Gasteiger partial charge >= 0.3 is 5.97 Å². The first-order chi connectivity index (χ1) is 9.76. The fourth-order valence-electron chi connectivity index (χ4n) is 2.64. The van der Waals surface area contributed by atoms with Crippen LogP contribution >= 0.6 is 0 Å². The molecule has 21 heavy (non-hydrogen) atoms. The summed E-state index contributed by atoms with van der Waals surface area (Å²) in [5.74, 6) is -1.45. The number of sulfonamides is 1. The molecule has 0 spiro atoms. The number of hydrogen-bond acceptors (Lipinski definition) is 3. The summed E-state index contributed by atoms with van der Waals surface area (Å²) in [6.45, 7) is 7.47. The minimum absolute atomic E-state index is 0.130. The number of hydrogen-bond donors (Lipinski definition) is 1. The van der Waals surface area contributed by atoms with E-state index in [0.29, 0.717) is 17.6 Å². The number of rotatable bonds is 3. The molecule has 1 aliphatic rings. The Bertz CT molecular complexity index is 679. The molecule has 0 bridgehead atoms. The first-order valence-electron chi connectivity index (χ1n) is 6.78. The summed E-state index contributed by atoms with van der Waals surface area (Å²) in [5, 5.41) is 9.41. The number of benzene rings is 1. The topological polar surface area (TPSA) is 74.7 Å². The van der Waals surface area contributed by atoms with Crippen molar-refractivity contribution in [1.82, 2.24) is 4.31 Å². The third kappa shape index (κ3) is 2.73. The lowest BCUT2D eigenvalue weighted by Gasteiger charge is -2.29. The van der Waals surface area contributed by atoms with Crippen LogP contribution in [0.3, 0.4) is 0 Å². The van der Waals surface area contributed by atoms with Gasteiger partial charge in [0.15, 0.2) is 0 Å². The van der Waals surface area contributed by atoms with Crippen LogP contribution in [0.15, 0.2) is 35.7 Å². The van der Waals surface area contributed by atoms with Gasteiger partial charge in [0.1, 0.15) is 6.04 Å². The Kier molecular flexibility index (Phi) is 4.20. The van der Waals surface area contributed by atoms with E-state index in [1.54, 1.807) is 32.0 Å². The van der Waals surface area contributed by atoms with Gasteiger partial charge in [-0.2, -0.15) is 4.31 Å². The number of aliphatic carboxylic acids is 1. The molecule has 114 valence electrons. The average Bonchev–Trinajstić information content (AvgIpc) is 2.49. The molecule has 2 rings (SSSR count). The average molecular weight is 309 g/mol. The zero-order chi connectivity index (χ0) is 15.8. The Labute approximate surface area is 124 Å². The first kappa shape index (κ1) is 15.7. The van der Waals surface area contributed by atoms with Crippen molar-refractivity contribution >= 4 is 21.6 Å². The molecule has 1 aliphatic heterocycles. The summed E-state index contributed by atoms with van der Waals surface area (Å²) >= 11 is 0. The van der Waals surface area contributed by atoms with E-state index in [0.717, 1.165) is 4.31 Å². The van der Waals surface area contributed by atoms with Crippen LogP contribution in [0.2, 0.25) is 0 Å². The number of nitrogens with zero attached hydrogens (tertiary/aromatic N) is 1. The Morgan fingerprint density at radius 3 is 2.52 bits per heavy atom. The van der Waals surface area contributed by atoms with Gasteiger partial charge in [0.05, 0.1) is 4.90 Å². The predicted molar refractivity (Wildman–Crippen MR) is 80.2 cm³/mol. The van der Waals surface area contributed by atoms with Crippen LogP contribution in [0.5, 0.6) is 0 Å². The summed E-state index contributed by atoms with van der Waals surface area (Å²) < 4.78 is 26.8. The van der Waals surface area contributed by atoms with E-state index in [1.807, 2.05) is 0 Å². The van der Waals surface area contributed by atoms with Gasteiger partial charge in [0.2, 0.25) is 10.0 Å². The van der Waals surface area contributed by atoms with Crippen LogP contribution in [0, 0.1) is 5.92 Å². The normalized spacial score (nSPS) is 19.9. The van der Waals surface area contributed by atoms with Crippen LogP contribution in [0.25, 0.3) is 5.57 Å². The molecule has 1 N–H and O–H groups in total. The van der Waals surface area contributed by atoms with Crippen LogP contribution < -0.4 is 0 Å². The third-order valence-electron chi connectivity index (χ3n) is 3.68. The van der Waals surface area contributed by atoms with E-state index in [2.05, 4.69) is 6.58 Å². The summed E-state index contributed by atoms with van der Waals surface area (Å²) in [4.78, 5) is 11.6. The van der Waals surface area contributed by atoms with Crippen molar-refractivity contribution in [3.05, 3.63) is 36.4 Å². The molecular formula is C15H19NO4S. The van der Waals surface area contributed by atoms with Crippen molar-refractivity contribution in [3.63, 3.8) is 0 Å². The molecule has 0 aromatic heterocycles. The lowest BCUT2D eigenvalue weighted by Crippen LogP contribution is -2.47. The lowest BCUT2D eigenvalue weighted by molar-refractivity contribution is -0.142. The van der Waals surface area contributed by atoms with Gasteiger partial charge in [-0.25, -0.2) is 8.42 Å². The van der Waals surface area contributed by atoms with Crippen molar-refractivity contribution in [2.24, 2.45) is 5.92 Å². The highest BCUT2D eigenvalue weighted by Crippen LogP contribution is 2.33. The van der Waals surface area contributed by atoms with Gasteiger partial charge in [-0.15, -0.1) is 0 Å². The molecule has 0 amide bonds. The van der Waals surface area contributed by atoms with E-state index in [-0.39, 0.29) is 17.4 Å². The zero-order valence-corrected chi connectivity index (χ0v) is 12.9. The Hall–Kier alpha value is -1.66. The van der Waals surface area contributed by atoms with Gasteiger partial charge in [0.25, 0.3) is 0 Å². The maximum absolute atomic E-state index is 12.8. The molecule has 6 heteroatoms. The van der Waals surface area contributed by atoms with E-state index in [9.17, 15) is 18.3 Å². The Morgan fingerprint density at radius 1 is 1.33 bits per heavy atom.